The van der Waals surface area contributed by atoms with E-state index in [9.17, 15) is 10.1 Å². The smallest absolute Gasteiger partial charge is 0.272 e. The largest absolute Gasteiger partial charge is 0.330 e. The molecule has 1 aliphatic carbocycles. The standard InChI is InChI=1S/C17H18N2O2/c18-12-17(9-13-5-1-2-6-14(13)10-17)11-15-7-3-4-8-16(15)19(20)21/h1-8H,9-12,18H2. The van der Waals surface area contributed by atoms with Crippen LogP contribution in [-0.4, -0.2) is 11.5 Å². The van der Waals surface area contributed by atoms with Crippen molar-refractivity contribution in [2.24, 2.45) is 11.1 Å². The number of nitrogens with two attached hydrogens (primary N) is 1. The van der Waals surface area contributed by atoms with Crippen LogP contribution in [-0.2, 0) is 19.3 Å². The summed E-state index contributed by atoms with van der Waals surface area (Å²) in [5, 5.41) is 11.2. The molecule has 0 aliphatic heterocycles. The fraction of sp³-hybridized carbons (Fsp3) is 0.294. The maximum atomic E-state index is 11.2. The Balaban J connectivity index is 1.92. The van der Waals surface area contributed by atoms with Gasteiger partial charge in [-0.3, -0.25) is 10.1 Å². The second kappa shape index (κ2) is 5.30. The second-order valence-electron chi connectivity index (χ2n) is 5.89. The van der Waals surface area contributed by atoms with Gasteiger partial charge in [-0.2, -0.15) is 0 Å². The minimum absolute atomic E-state index is 0.101. The minimum atomic E-state index is -0.304. The highest BCUT2D eigenvalue weighted by Crippen LogP contribution is 2.40. The third kappa shape index (κ3) is 2.54. The Hall–Kier alpha value is -2.20. The summed E-state index contributed by atoms with van der Waals surface area (Å²) in [6.45, 7) is 0.535. The van der Waals surface area contributed by atoms with Gasteiger partial charge in [-0.25, -0.2) is 0 Å². The highest BCUT2D eigenvalue weighted by Gasteiger charge is 2.37. The Kier molecular flexibility index (Phi) is 3.47. The van der Waals surface area contributed by atoms with Gasteiger partial charge in [-0.15, -0.1) is 0 Å². The molecule has 4 nitrogen and oxygen atoms in total. The zero-order valence-electron chi connectivity index (χ0n) is 11.8. The van der Waals surface area contributed by atoms with Crippen molar-refractivity contribution in [3.8, 4) is 0 Å². The molecule has 0 saturated heterocycles. The summed E-state index contributed by atoms with van der Waals surface area (Å²) in [6, 6.07) is 15.3. The lowest BCUT2D eigenvalue weighted by molar-refractivity contribution is -0.385. The molecule has 0 bridgehead atoms. The molecule has 2 aromatic carbocycles. The van der Waals surface area contributed by atoms with E-state index in [1.165, 1.54) is 11.1 Å². The van der Waals surface area contributed by atoms with E-state index in [0.29, 0.717) is 13.0 Å². The zero-order valence-corrected chi connectivity index (χ0v) is 11.8. The number of hydrogen-bond donors (Lipinski definition) is 1. The van der Waals surface area contributed by atoms with Crippen LogP contribution < -0.4 is 5.73 Å². The van der Waals surface area contributed by atoms with Gasteiger partial charge in [0.15, 0.2) is 0 Å². The summed E-state index contributed by atoms with van der Waals surface area (Å²) in [5.74, 6) is 0. The normalized spacial score (nSPS) is 15.7. The maximum absolute atomic E-state index is 11.2. The Bertz CT molecular complexity index is 657. The molecular weight excluding hydrogens is 264 g/mol. The van der Waals surface area contributed by atoms with Gasteiger partial charge in [-0.05, 0) is 42.3 Å². The van der Waals surface area contributed by atoms with Crippen LogP contribution in [0.2, 0.25) is 0 Å². The number of nitro groups is 1. The predicted molar refractivity (Wildman–Crippen MR) is 82.1 cm³/mol. The molecular formula is C17H18N2O2. The SMILES string of the molecule is NCC1(Cc2ccccc2[N+](=O)[O-])Cc2ccccc2C1. The zero-order chi connectivity index (χ0) is 14.9. The van der Waals surface area contributed by atoms with Gasteiger partial charge in [0.1, 0.15) is 0 Å². The summed E-state index contributed by atoms with van der Waals surface area (Å²) in [6.07, 6.45) is 2.44. The van der Waals surface area contributed by atoms with Crippen molar-refractivity contribution in [2.45, 2.75) is 19.3 Å². The maximum Gasteiger partial charge on any atom is 0.272 e. The number of para-hydroxylation sites is 1. The summed E-state index contributed by atoms with van der Waals surface area (Å²) in [5.41, 5.74) is 9.57. The molecule has 0 amide bonds. The van der Waals surface area contributed by atoms with Crippen LogP contribution in [0.25, 0.3) is 0 Å². The first-order valence-electron chi connectivity index (χ1n) is 7.13. The summed E-state index contributed by atoms with van der Waals surface area (Å²) < 4.78 is 0. The van der Waals surface area contributed by atoms with Gasteiger partial charge in [0, 0.05) is 11.6 Å². The Morgan fingerprint density at radius 3 is 2.19 bits per heavy atom. The molecule has 0 heterocycles. The van der Waals surface area contributed by atoms with Gasteiger partial charge >= 0.3 is 0 Å². The van der Waals surface area contributed by atoms with Crippen molar-refractivity contribution >= 4 is 5.69 Å². The number of nitro benzene ring substituents is 1. The lowest BCUT2D eigenvalue weighted by Gasteiger charge is -2.27. The molecule has 0 unspecified atom stereocenters. The third-order valence-corrected chi connectivity index (χ3v) is 4.44. The molecule has 21 heavy (non-hydrogen) atoms. The summed E-state index contributed by atoms with van der Waals surface area (Å²) in [4.78, 5) is 10.9. The number of fused-ring (bicyclic) bond motifs is 1. The Labute approximate surface area is 123 Å². The first-order chi connectivity index (χ1) is 10.1. The van der Waals surface area contributed by atoms with Crippen molar-refractivity contribution < 1.29 is 4.92 Å². The van der Waals surface area contributed by atoms with Crippen molar-refractivity contribution in [1.29, 1.82) is 0 Å². The van der Waals surface area contributed by atoms with E-state index >= 15 is 0 Å². The quantitative estimate of drug-likeness (QED) is 0.692. The van der Waals surface area contributed by atoms with Gasteiger partial charge in [0.05, 0.1) is 4.92 Å². The van der Waals surface area contributed by atoms with Gasteiger partial charge in [0.25, 0.3) is 5.69 Å². The fourth-order valence-corrected chi connectivity index (χ4v) is 3.36. The molecule has 1 aliphatic rings. The number of hydrogen-bond acceptors (Lipinski definition) is 3. The Morgan fingerprint density at radius 2 is 1.62 bits per heavy atom. The number of benzene rings is 2. The number of rotatable bonds is 4. The predicted octanol–water partition coefficient (Wildman–Crippen LogP) is 2.88. The average molecular weight is 282 g/mol. The van der Waals surface area contributed by atoms with E-state index < -0.39 is 0 Å². The van der Waals surface area contributed by atoms with Crippen LogP contribution in [0.3, 0.4) is 0 Å². The van der Waals surface area contributed by atoms with Gasteiger partial charge in [0.2, 0.25) is 0 Å². The van der Waals surface area contributed by atoms with E-state index in [1.54, 1.807) is 12.1 Å². The number of nitrogens with zero attached hydrogens (tertiary/aromatic N) is 1. The highest BCUT2D eigenvalue weighted by molar-refractivity contribution is 5.42. The van der Waals surface area contributed by atoms with Crippen molar-refractivity contribution in [1.82, 2.24) is 0 Å². The van der Waals surface area contributed by atoms with Crippen LogP contribution in [0.4, 0.5) is 5.69 Å². The van der Waals surface area contributed by atoms with Crippen LogP contribution in [0.5, 0.6) is 0 Å². The van der Waals surface area contributed by atoms with E-state index in [4.69, 9.17) is 5.73 Å². The Morgan fingerprint density at radius 1 is 1.05 bits per heavy atom. The van der Waals surface area contributed by atoms with Crippen molar-refractivity contribution in [2.75, 3.05) is 6.54 Å². The van der Waals surface area contributed by atoms with E-state index in [-0.39, 0.29) is 16.0 Å². The molecule has 0 aromatic heterocycles. The van der Waals surface area contributed by atoms with Gasteiger partial charge < -0.3 is 5.73 Å². The third-order valence-electron chi connectivity index (χ3n) is 4.44. The van der Waals surface area contributed by atoms with E-state index in [0.717, 1.165) is 18.4 Å². The monoisotopic (exact) mass is 282 g/mol. The van der Waals surface area contributed by atoms with Crippen LogP contribution in [0, 0.1) is 15.5 Å². The molecule has 0 radical (unpaired) electrons. The summed E-state index contributed by atoms with van der Waals surface area (Å²) >= 11 is 0. The lowest BCUT2D eigenvalue weighted by Crippen LogP contribution is -2.33. The molecule has 4 heteroatoms. The average Bonchev–Trinajstić information content (AvgIpc) is 2.86. The van der Waals surface area contributed by atoms with Gasteiger partial charge in [-0.1, -0.05) is 42.5 Å². The van der Waals surface area contributed by atoms with Crippen LogP contribution in [0.1, 0.15) is 16.7 Å². The van der Waals surface area contributed by atoms with E-state index in [2.05, 4.69) is 12.1 Å². The van der Waals surface area contributed by atoms with E-state index in [1.807, 2.05) is 24.3 Å². The fourth-order valence-electron chi connectivity index (χ4n) is 3.36. The molecule has 0 saturated carbocycles. The molecule has 0 atom stereocenters. The second-order valence-corrected chi connectivity index (χ2v) is 5.89. The first-order valence-corrected chi connectivity index (χ1v) is 7.13. The molecule has 0 fully saturated rings. The van der Waals surface area contributed by atoms with Crippen LogP contribution in [0.15, 0.2) is 48.5 Å². The van der Waals surface area contributed by atoms with Crippen LogP contribution >= 0.6 is 0 Å². The first kappa shape index (κ1) is 13.8. The van der Waals surface area contributed by atoms with Crippen molar-refractivity contribution in [3.05, 3.63) is 75.3 Å². The topological polar surface area (TPSA) is 69.2 Å². The highest BCUT2D eigenvalue weighted by atomic mass is 16.6. The minimum Gasteiger partial charge on any atom is -0.330 e. The molecule has 3 rings (SSSR count). The molecule has 2 N–H and O–H groups in total. The lowest BCUT2D eigenvalue weighted by atomic mass is 9.78. The van der Waals surface area contributed by atoms with Crippen molar-refractivity contribution in [3.63, 3.8) is 0 Å². The molecule has 0 spiro atoms. The summed E-state index contributed by atoms with van der Waals surface area (Å²) in [7, 11) is 0. The molecule has 2 aromatic rings. The molecule has 108 valence electrons.